The molecule has 2 rings (SSSR count). The van der Waals surface area contributed by atoms with Gasteiger partial charge in [0.1, 0.15) is 0 Å². The van der Waals surface area contributed by atoms with E-state index in [-0.39, 0.29) is 0 Å². The van der Waals surface area contributed by atoms with Crippen LogP contribution in [0.3, 0.4) is 0 Å². The van der Waals surface area contributed by atoms with Crippen LogP contribution < -0.4 is 0 Å². The molecule has 0 N–H and O–H groups in total. The Morgan fingerprint density at radius 3 is 2.67 bits per heavy atom. The zero-order valence-corrected chi connectivity index (χ0v) is 6.06. The van der Waals surface area contributed by atoms with Crippen LogP contribution in [0, 0.1) is 11.8 Å². The van der Waals surface area contributed by atoms with Crippen molar-refractivity contribution in [3.8, 4) is 0 Å². The number of fused-ring (bicyclic) bond motifs is 2. The highest BCUT2D eigenvalue weighted by Gasteiger charge is 2.34. The van der Waals surface area contributed by atoms with Crippen molar-refractivity contribution in [2.75, 3.05) is 0 Å². The Balaban J connectivity index is 2.18. The fourth-order valence-corrected chi connectivity index (χ4v) is 2.45. The summed E-state index contributed by atoms with van der Waals surface area (Å²) >= 11 is 0. The summed E-state index contributed by atoms with van der Waals surface area (Å²) in [6, 6.07) is 0. The second kappa shape index (κ2) is 1.86. The lowest BCUT2D eigenvalue weighted by molar-refractivity contribution is 0.560. The van der Waals surface area contributed by atoms with Crippen molar-refractivity contribution in [1.29, 1.82) is 0 Å². The molecule has 2 bridgehead atoms. The Labute approximate surface area is 57.0 Å². The summed E-state index contributed by atoms with van der Waals surface area (Å²) in [6.07, 6.45) is 8.29. The predicted molar refractivity (Wildman–Crippen MR) is 39.2 cm³/mol. The summed E-state index contributed by atoms with van der Waals surface area (Å²) in [5, 5.41) is 0. The standard InChI is InChI=1S/C9H14/c1-2-8-5-7-3-4-9(8)6-7/h2,7,9H,3-6H2,1H3/b8-2+/t7-,9-/m0/s1. The average molecular weight is 122 g/mol. The number of hydrogen-bond acceptors (Lipinski definition) is 0. The molecule has 9 heavy (non-hydrogen) atoms. The van der Waals surface area contributed by atoms with Gasteiger partial charge in [0, 0.05) is 0 Å². The molecule has 50 valence electrons. The summed E-state index contributed by atoms with van der Waals surface area (Å²) in [5.74, 6) is 2.10. The molecule has 0 spiro atoms. The smallest absolute Gasteiger partial charge is 0.0200 e. The van der Waals surface area contributed by atoms with E-state index >= 15 is 0 Å². The summed E-state index contributed by atoms with van der Waals surface area (Å²) in [5.41, 5.74) is 1.76. The van der Waals surface area contributed by atoms with Crippen molar-refractivity contribution < 1.29 is 0 Å². The maximum absolute atomic E-state index is 2.34. The van der Waals surface area contributed by atoms with E-state index in [9.17, 15) is 0 Å². The third kappa shape index (κ3) is 0.726. The molecule has 2 saturated carbocycles. The topological polar surface area (TPSA) is 0 Å². The van der Waals surface area contributed by atoms with Gasteiger partial charge in [-0.15, -0.1) is 0 Å². The van der Waals surface area contributed by atoms with Crippen LogP contribution in [0.15, 0.2) is 11.6 Å². The molecule has 0 unspecified atom stereocenters. The Bertz CT molecular complexity index is 144. The molecule has 0 nitrogen and oxygen atoms in total. The number of allylic oxidation sites excluding steroid dienone is 2. The highest BCUT2D eigenvalue weighted by Crippen LogP contribution is 2.47. The van der Waals surface area contributed by atoms with E-state index in [1.807, 2.05) is 0 Å². The van der Waals surface area contributed by atoms with Gasteiger partial charge >= 0.3 is 0 Å². The first-order valence-corrected chi connectivity index (χ1v) is 4.05. The molecule has 0 aromatic heterocycles. The number of rotatable bonds is 0. The maximum Gasteiger partial charge on any atom is -0.0200 e. The molecule has 0 saturated heterocycles. The summed E-state index contributed by atoms with van der Waals surface area (Å²) in [4.78, 5) is 0. The molecule has 0 heterocycles. The maximum atomic E-state index is 2.34. The largest absolute Gasteiger partial charge is 0.0882 e. The van der Waals surface area contributed by atoms with Crippen molar-refractivity contribution in [3.63, 3.8) is 0 Å². The van der Waals surface area contributed by atoms with Gasteiger partial charge in [-0.05, 0) is 44.4 Å². The van der Waals surface area contributed by atoms with Gasteiger partial charge in [-0.2, -0.15) is 0 Å². The Morgan fingerprint density at radius 1 is 1.44 bits per heavy atom. The molecule has 2 aliphatic rings. The first kappa shape index (κ1) is 5.52. The van der Waals surface area contributed by atoms with E-state index in [1.54, 1.807) is 5.57 Å². The summed E-state index contributed by atoms with van der Waals surface area (Å²) in [6.45, 7) is 2.19. The van der Waals surface area contributed by atoms with Crippen LogP contribution in [0.25, 0.3) is 0 Å². The van der Waals surface area contributed by atoms with Crippen LogP contribution in [-0.4, -0.2) is 0 Å². The highest BCUT2D eigenvalue weighted by atomic mass is 14.4. The van der Waals surface area contributed by atoms with E-state index in [1.165, 1.54) is 25.7 Å². The van der Waals surface area contributed by atoms with Crippen molar-refractivity contribution in [1.82, 2.24) is 0 Å². The molecule has 0 heteroatoms. The molecule has 0 amide bonds. The van der Waals surface area contributed by atoms with Gasteiger partial charge in [0.05, 0.1) is 0 Å². The first-order chi connectivity index (χ1) is 4.40. The SMILES string of the molecule is C/C=C1\C[C@@H]2CC[C@H]1C2. The molecule has 2 atom stereocenters. The zero-order chi connectivity index (χ0) is 6.27. The minimum absolute atomic E-state index is 1.01. The van der Waals surface area contributed by atoms with E-state index in [4.69, 9.17) is 0 Å². The lowest BCUT2D eigenvalue weighted by atomic mass is 9.95. The lowest BCUT2D eigenvalue weighted by Gasteiger charge is -2.11. The van der Waals surface area contributed by atoms with Crippen LogP contribution in [-0.2, 0) is 0 Å². The minimum Gasteiger partial charge on any atom is -0.0882 e. The average Bonchev–Trinajstić information content (AvgIpc) is 2.45. The quantitative estimate of drug-likeness (QED) is 0.433. The molecule has 2 aliphatic carbocycles. The fraction of sp³-hybridized carbons (Fsp3) is 0.778. The number of hydrogen-bond donors (Lipinski definition) is 0. The Hall–Kier alpha value is -0.260. The van der Waals surface area contributed by atoms with Crippen molar-refractivity contribution in [3.05, 3.63) is 11.6 Å². The van der Waals surface area contributed by atoms with E-state index in [2.05, 4.69) is 13.0 Å². The molecule has 0 radical (unpaired) electrons. The monoisotopic (exact) mass is 122 g/mol. The van der Waals surface area contributed by atoms with Crippen molar-refractivity contribution >= 4 is 0 Å². The van der Waals surface area contributed by atoms with Crippen molar-refractivity contribution in [2.45, 2.75) is 32.6 Å². The van der Waals surface area contributed by atoms with E-state index in [0.29, 0.717) is 0 Å². The third-order valence-electron chi connectivity index (χ3n) is 2.96. The highest BCUT2D eigenvalue weighted by molar-refractivity contribution is 5.15. The van der Waals surface area contributed by atoms with Crippen LogP contribution in [0.1, 0.15) is 32.6 Å². The summed E-state index contributed by atoms with van der Waals surface area (Å²) < 4.78 is 0. The van der Waals surface area contributed by atoms with Crippen LogP contribution >= 0.6 is 0 Å². The lowest BCUT2D eigenvalue weighted by Crippen LogP contribution is -1.96. The van der Waals surface area contributed by atoms with Gasteiger partial charge in [0.2, 0.25) is 0 Å². The van der Waals surface area contributed by atoms with Crippen LogP contribution in [0.2, 0.25) is 0 Å². The molecule has 0 aliphatic heterocycles. The molecule has 2 fully saturated rings. The molecular formula is C9H14. The van der Waals surface area contributed by atoms with Gasteiger partial charge in [-0.25, -0.2) is 0 Å². The van der Waals surface area contributed by atoms with Crippen LogP contribution in [0.4, 0.5) is 0 Å². The van der Waals surface area contributed by atoms with Gasteiger partial charge < -0.3 is 0 Å². The second-order valence-electron chi connectivity index (χ2n) is 3.44. The van der Waals surface area contributed by atoms with Crippen LogP contribution in [0.5, 0.6) is 0 Å². The first-order valence-electron chi connectivity index (χ1n) is 4.05. The van der Waals surface area contributed by atoms with E-state index < -0.39 is 0 Å². The van der Waals surface area contributed by atoms with Gasteiger partial charge in [-0.3, -0.25) is 0 Å². The van der Waals surface area contributed by atoms with Crippen molar-refractivity contribution in [2.24, 2.45) is 11.8 Å². The second-order valence-corrected chi connectivity index (χ2v) is 3.44. The Morgan fingerprint density at radius 2 is 2.33 bits per heavy atom. The van der Waals surface area contributed by atoms with E-state index in [0.717, 1.165) is 11.8 Å². The molecule has 0 aromatic carbocycles. The van der Waals surface area contributed by atoms with Gasteiger partial charge in [0.15, 0.2) is 0 Å². The van der Waals surface area contributed by atoms with Gasteiger partial charge in [-0.1, -0.05) is 11.6 Å². The predicted octanol–water partition coefficient (Wildman–Crippen LogP) is 2.75. The fourth-order valence-electron chi connectivity index (χ4n) is 2.45. The normalized spacial score (nSPS) is 44.8. The zero-order valence-electron chi connectivity index (χ0n) is 6.06. The Kier molecular flexibility index (Phi) is 1.14. The molecule has 0 aromatic rings. The minimum atomic E-state index is 1.01. The summed E-state index contributed by atoms with van der Waals surface area (Å²) in [7, 11) is 0. The third-order valence-corrected chi connectivity index (χ3v) is 2.96. The van der Waals surface area contributed by atoms with Gasteiger partial charge in [0.25, 0.3) is 0 Å². The molecular weight excluding hydrogens is 108 g/mol.